The lowest BCUT2D eigenvalue weighted by Gasteiger charge is -2.40. The second kappa shape index (κ2) is 15.1. The number of halogens is 5. The van der Waals surface area contributed by atoms with Gasteiger partial charge in [0.2, 0.25) is 5.60 Å². The number of aliphatic hydroxyl groups is 2. The van der Waals surface area contributed by atoms with Crippen LogP contribution in [0.15, 0.2) is 78.9 Å². The SMILES string of the molecule is COc1cc(C(=O)NCC(O)(c2cc(C3CN(CCc4ccccc4)C3)cc(-c3ccc(F)c(Cl)c3)n2)C(F)(F)F)ccc1OC[C@@H](C)O. The van der Waals surface area contributed by atoms with Crippen molar-refractivity contribution in [1.29, 1.82) is 0 Å². The molecule has 3 N–H and O–H groups in total. The van der Waals surface area contributed by atoms with Crippen molar-refractivity contribution < 1.29 is 42.0 Å². The first-order valence-corrected chi connectivity index (χ1v) is 16.0. The Labute approximate surface area is 286 Å². The number of carbonyl (C=O) groups is 1. The molecule has 3 aromatic carbocycles. The normalized spacial score (nSPS) is 15.6. The van der Waals surface area contributed by atoms with Crippen LogP contribution < -0.4 is 14.8 Å². The number of nitrogens with one attached hydrogen (secondary N) is 1. The molecule has 260 valence electrons. The van der Waals surface area contributed by atoms with Crippen molar-refractivity contribution in [2.75, 3.05) is 39.9 Å². The smallest absolute Gasteiger partial charge is 0.424 e. The van der Waals surface area contributed by atoms with Crippen LogP contribution in [0.1, 0.15) is 40.0 Å². The first-order valence-electron chi connectivity index (χ1n) is 15.6. The van der Waals surface area contributed by atoms with E-state index in [2.05, 4.69) is 15.2 Å². The van der Waals surface area contributed by atoms with Gasteiger partial charge in [-0.3, -0.25) is 4.79 Å². The van der Waals surface area contributed by atoms with Crippen molar-refractivity contribution in [3.63, 3.8) is 0 Å². The minimum absolute atomic E-state index is 0.0503. The van der Waals surface area contributed by atoms with E-state index in [1.165, 1.54) is 56.0 Å². The van der Waals surface area contributed by atoms with Gasteiger partial charge in [-0.1, -0.05) is 41.9 Å². The number of aromatic nitrogens is 1. The zero-order valence-corrected chi connectivity index (χ0v) is 27.6. The molecule has 1 amide bonds. The third-order valence-corrected chi connectivity index (χ3v) is 8.64. The fraction of sp³-hybridized carbons (Fsp3) is 0.333. The minimum atomic E-state index is -5.26. The molecule has 13 heteroatoms. The number of hydrogen-bond acceptors (Lipinski definition) is 7. The van der Waals surface area contributed by atoms with Crippen LogP contribution in [-0.2, 0) is 12.0 Å². The monoisotopic (exact) mass is 701 g/mol. The summed E-state index contributed by atoms with van der Waals surface area (Å²) in [6, 6.07) is 20.4. The topological polar surface area (TPSA) is 104 Å². The quantitative estimate of drug-likeness (QED) is 0.144. The zero-order valence-electron chi connectivity index (χ0n) is 26.8. The minimum Gasteiger partial charge on any atom is -0.493 e. The highest BCUT2D eigenvalue weighted by atomic mass is 35.5. The van der Waals surface area contributed by atoms with E-state index >= 15 is 0 Å². The number of rotatable bonds is 13. The second-order valence-electron chi connectivity index (χ2n) is 12.1. The molecular weight excluding hydrogens is 666 g/mol. The molecular formula is C36H36ClF4N3O5. The Morgan fingerprint density at radius 2 is 1.80 bits per heavy atom. The fourth-order valence-corrected chi connectivity index (χ4v) is 5.66. The molecule has 0 aliphatic carbocycles. The van der Waals surface area contributed by atoms with Crippen LogP contribution in [0.25, 0.3) is 11.3 Å². The molecule has 1 fully saturated rings. The van der Waals surface area contributed by atoms with Gasteiger partial charge in [-0.05, 0) is 73.0 Å². The van der Waals surface area contributed by atoms with Crippen molar-refractivity contribution >= 4 is 17.5 Å². The molecule has 8 nitrogen and oxygen atoms in total. The molecule has 1 unspecified atom stereocenters. The Hall–Kier alpha value is -4.23. The summed E-state index contributed by atoms with van der Waals surface area (Å²) in [5.41, 5.74) is -2.39. The molecule has 1 aromatic heterocycles. The van der Waals surface area contributed by atoms with Gasteiger partial charge in [-0.15, -0.1) is 0 Å². The van der Waals surface area contributed by atoms with E-state index in [9.17, 15) is 32.6 Å². The van der Waals surface area contributed by atoms with Gasteiger partial charge in [0.05, 0.1) is 36.2 Å². The van der Waals surface area contributed by atoms with Gasteiger partial charge in [0.25, 0.3) is 5.91 Å². The van der Waals surface area contributed by atoms with Crippen molar-refractivity contribution in [2.45, 2.75) is 37.1 Å². The molecule has 0 radical (unpaired) electrons. The van der Waals surface area contributed by atoms with Gasteiger partial charge in [-0.2, -0.15) is 13.2 Å². The number of alkyl halides is 3. The lowest BCUT2D eigenvalue weighted by atomic mass is 9.87. The van der Waals surface area contributed by atoms with Gasteiger partial charge in [-0.25, -0.2) is 9.37 Å². The van der Waals surface area contributed by atoms with Crippen LogP contribution in [0, 0.1) is 5.82 Å². The molecule has 1 aliphatic heterocycles. The summed E-state index contributed by atoms with van der Waals surface area (Å²) in [4.78, 5) is 19.5. The summed E-state index contributed by atoms with van der Waals surface area (Å²) in [5, 5.41) is 22.8. The first-order chi connectivity index (χ1) is 23.3. The highest BCUT2D eigenvalue weighted by Crippen LogP contribution is 2.41. The molecule has 0 spiro atoms. The fourth-order valence-electron chi connectivity index (χ4n) is 5.48. The lowest BCUT2D eigenvalue weighted by Crippen LogP contribution is -2.52. The third kappa shape index (κ3) is 8.50. The number of aliphatic hydroxyl groups excluding tert-OH is 1. The van der Waals surface area contributed by atoms with E-state index in [-0.39, 0.29) is 45.9 Å². The van der Waals surface area contributed by atoms with Crippen LogP contribution in [0.4, 0.5) is 17.6 Å². The summed E-state index contributed by atoms with van der Waals surface area (Å²) in [6.07, 6.45) is -5.23. The van der Waals surface area contributed by atoms with Crippen LogP contribution in [0.3, 0.4) is 0 Å². The Morgan fingerprint density at radius 1 is 1.06 bits per heavy atom. The number of carbonyl (C=O) groups excluding carboxylic acids is 1. The highest BCUT2D eigenvalue weighted by molar-refractivity contribution is 6.31. The lowest BCUT2D eigenvalue weighted by molar-refractivity contribution is -0.265. The Balaban J connectivity index is 1.41. The van der Waals surface area contributed by atoms with E-state index in [1.54, 1.807) is 6.07 Å². The highest BCUT2D eigenvalue weighted by Gasteiger charge is 2.56. The van der Waals surface area contributed by atoms with Crippen molar-refractivity contribution in [2.24, 2.45) is 0 Å². The first kappa shape index (κ1) is 36.1. The van der Waals surface area contributed by atoms with Crippen LogP contribution in [0.2, 0.25) is 5.02 Å². The summed E-state index contributed by atoms with van der Waals surface area (Å²) >= 11 is 6.00. The molecule has 5 rings (SSSR count). The predicted octanol–water partition coefficient (Wildman–Crippen LogP) is 6.13. The van der Waals surface area contributed by atoms with Crippen molar-refractivity contribution in [3.8, 4) is 22.8 Å². The number of pyridine rings is 1. The molecule has 2 atom stereocenters. The Kier molecular flexibility index (Phi) is 11.1. The molecule has 0 bridgehead atoms. The average molecular weight is 702 g/mol. The number of nitrogens with zero attached hydrogens (tertiary/aromatic N) is 2. The molecule has 0 saturated carbocycles. The summed E-state index contributed by atoms with van der Waals surface area (Å²) in [6.45, 7) is 2.11. The number of amides is 1. The number of ether oxygens (including phenoxy) is 2. The number of methoxy groups -OCH3 is 1. The van der Waals surface area contributed by atoms with Crippen LogP contribution >= 0.6 is 11.6 Å². The predicted molar refractivity (Wildman–Crippen MR) is 176 cm³/mol. The number of likely N-dealkylation sites (tertiary alicyclic amines) is 1. The number of benzene rings is 3. The van der Waals surface area contributed by atoms with Crippen molar-refractivity contribution in [3.05, 3.63) is 112 Å². The zero-order chi connectivity index (χ0) is 35.3. The molecule has 1 aliphatic rings. The largest absolute Gasteiger partial charge is 0.493 e. The van der Waals surface area contributed by atoms with Gasteiger partial charge in [0.15, 0.2) is 11.5 Å². The summed E-state index contributed by atoms with van der Waals surface area (Å²) in [5.74, 6) is -1.45. The second-order valence-corrected chi connectivity index (χ2v) is 12.5. The Bertz CT molecular complexity index is 1770. The maximum Gasteiger partial charge on any atom is 0.424 e. The summed E-state index contributed by atoms with van der Waals surface area (Å²) < 4.78 is 69.1. The summed E-state index contributed by atoms with van der Waals surface area (Å²) in [7, 11) is 1.32. The van der Waals surface area contributed by atoms with Gasteiger partial charge in [0, 0.05) is 36.7 Å². The molecule has 49 heavy (non-hydrogen) atoms. The third-order valence-electron chi connectivity index (χ3n) is 8.35. The molecule has 1 saturated heterocycles. The van der Waals surface area contributed by atoms with Gasteiger partial charge < -0.3 is 29.9 Å². The van der Waals surface area contributed by atoms with E-state index in [0.717, 1.165) is 19.0 Å². The molecule has 2 heterocycles. The Morgan fingerprint density at radius 3 is 2.45 bits per heavy atom. The van der Waals surface area contributed by atoms with Crippen LogP contribution in [-0.4, -0.2) is 78.2 Å². The van der Waals surface area contributed by atoms with E-state index in [1.807, 2.05) is 30.3 Å². The van der Waals surface area contributed by atoms with Crippen LogP contribution in [0.5, 0.6) is 11.5 Å². The van der Waals surface area contributed by atoms with E-state index < -0.39 is 41.8 Å². The van der Waals surface area contributed by atoms with E-state index in [4.69, 9.17) is 21.1 Å². The van der Waals surface area contributed by atoms with Gasteiger partial charge in [0.1, 0.15) is 12.4 Å². The standard InChI is InChI=1S/C36H36ClF4N3O5/c1-22(45)20-49-31-11-9-25(16-32(31)48-2)34(46)42-21-35(47,36(39,40)41)33-17-26(15-30(43-33)24-8-10-29(38)28(37)14-24)27-18-44(19-27)13-12-23-6-4-3-5-7-23/h3-11,14-17,22,27,45,47H,12-13,18-21H2,1-2H3,(H,42,46)/t22-,35?/m1/s1. The maximum absolute atomic E-state index is 14.8. The van der Waals surface area contributed by atoms with Gasteiger partial charge >= 0.3 is 6.18 Å². The van der Waals surface area contributed by atoms with Crippen molar-refractivity contribution in [1.82, 2.24) is 15.2 Å². The molecule has 4 aromatic rings. The maximum atomic E-state index is 14.8. The number of hydrogen-bond donors (Lipinski definition) is 3. The van der Waals surface area contributed by atoms with E-state index in [0.29, 0.717) is 18.7 Å². The average Bonchev–Trinajstić information content (AvgIpc) is 3.06.